The van der Waals surface area contributed by atoms with Gasteiger partial charge in [-0.2, -0.15) is 0 Å². The molecular formula is C21H21FN4O2. The van der Waals surface area contributed by atoms with Gasteiger partial charge < -0.3 is 9.42 Å². The number of aromatic nitrogens is 3. The summed E-state index contributed by atoms with van der Waals surface area (Å²) in [6, 6.07) is 7.44. The maximum absolute atomic E-state index is 13.2. The third-order valence-corrected chi connectivity index (χ3v) is 5.09. The van der Waals surface area contributed by atoms with Crippen LogP contribution in [0.3, 0.4) is 0 Å². The average molecular weight is 380 g/mol. The summed E-state index contributed by atoms with van der Waals surface area (Å²) in [7, 11) is 0. The molecular weight excluding hydrogens is 359 g/mol. The minimum Gasteiger partial charge on any atom is -0.361 e. The van der Waals surface area contributed by atoms with Crippen molar-refractivity contribution in [3.8, 4) is 11.3 Å². The highest BCUT2D eigenvalue weighted by Crippen LogP contribution is 2.34. The molecule has 2 aromatic heterocycles. The molecule has 1 saturated heterocycles. The van der Waals surface area contributed by atoms with Crippen LogP contribution in [0.4, 0.5) is 4.39 Å². The lowest BCUT2D eigenvalue weighted by atomic mass is 10.1. The molecule has 4 rings (SSSR count). The monoisotopic (exact) mass is 380 g/mol. The third kappa shape index (κ3) is 3.28. The zero-order valence-electron chi connectivity index (χ0n) is 16.1. The number of carbonyl (C=O) groups is 1. The van der Waals surface area contributed by atoms with E-state index in [-0.39, 0.29) is 17.8 Å². The smallest absolute Gasteiger partial charge is 0.254 e. The minimum atomic E-state index is -0.356. The van der Waals surface area contributed by atoms with Crippen LogP contribution in [0.15, 0.2) is 34.9 Å². The first-order valence-electron chi connectivity index (χ1n) is 9.29. The molecule has 0 spiro atoms. The van der Waals surface area contributed by atoms with Crippen molar-refractivity contribution < 1.29 is 13.7 Å². The molecule has 1 aliphatic rings. The van der Waals surface area contributed by atoms with Crippen molar-refractivity contribution in [1.82, 2.24) is 20.0 Å². The molecule has 144 valence electrons. The number of amides is 1. The van der Waals surface area contributed by atoms with Crippen molar-refractivity contribution >= 4 is 5.91 Å². The van der Waals surface area contributed by atoms with Crippen LogP contribution in [0.1, 0.15) is 52.2 Å². The normalized spacial score (nSPS) is 16.6. The predicted octanol–water partition coefficient (Wildman–Crippen LogP) is 4.17. The van der Waals surface area contributed by atoms with E-state index in [1.807, 2.05) is 31.7 Å². The summed E-state index contributed by atoms with van der Waals surface area (Å²) < 4.78 is 18.5. The molecule has 7 heteroatoms. The number of hydrogen-bond acceptors (Lipinski definition) is 5. The second-order valence-electron chi connectivity index (χ2n) is 7.09. The van der Waals surface area contributed by atoms with E-state index in [9.17, 15) is 9.18 Å². The van der Waals surface area contributed by atoms with Gasteiger partial charge in [-0.15, -0.1) is 0 Å². The van der Waals surface area contributed by atoms with E-state index in [0.717, 1.165) is 35.5 Å². The van der Waals surface area contributed by atoms with Gasteiger partial charge in [-0.25, -0.2) is 14.4 Å². The highest BCUT2D eigenvalue weighted by Gasteiger charge is 2.32. The number of likely N-dealkylation sites (tertiary alicyclic amines) is 1. The van der Waals surface area contributed by atoms with Gasteiger partial charge in [0.05, 0.1) is 28.7 Å². The number of nitrogens with zero attached hydrogens (tertiary/aromatic N) is 4. The molecule has 3 aromatic rings. The van der Waals surface area contributed by atoms with E-state index in [2.05, 4.69) is 15.1 Å². The molecule has 0 N–H and O–H groups in total. The van der Waals surface area contributed by atoms with Gasteiger partial charge in [0.1, 0.15) is 17.4 Å². The van der Waals surface area contributed by atoms with Crippen LogP contribution < -0.4 is 0 Å². The zero-order chi connectivity index (χ0) is 19.8. The quantitative estimate of drug-likeness (QED) is 0.682. The number of carbonyl (C=O) groups excluding carboxylic acids is 1. The summed E-state index contributed by atoms with van der Waals surface area (Å²) in [6.07, 6.45) is 1.71. The zero-order valence-corrected chi connectivity index (χ0v) is 16.1. The van der Waals surface area contributed by atoms with Crippen LogP contribution >= 0.6 is 0 Å². The summed E-state index contributed by atoms with van der Waals surface area (Å²) in [5.41, 5.74) is 3.66. The van der Waals surface area contributed by atoms with Crippen LogP contribution in [0.25, 0.3) is 11.3 Å². The number of hydrogen-bond donors (Lipinski definition) is 0. The summed E-state index contributed by atoms with van der Waals surface area (Å²) in [4.78, 5) is 24.0. The van der Waals surface area contributed by atoms with Crippen LogP contribution in [0.5, 0.6) is 0 Å². The predicted molar refractivity (Wildman–Crippen MR) is 101 cm³/mol. The molecule has 3 heterocycles. The van der Waals surface area contributed by atoms with Crippen LogP contribution in [0.2, 0.25) is 0 Å². The second-order valence-corrected chi connectivity index (χ2v) is 7.09. The highest BCUT2D eigenvalue weighted by atomic mass is 19.1. The summed E-state index contributed by atoms with van der Waals surface area (Å²) in [6.45, 7) is 6.21. The molecule has 1 atom stereocenters. The number of halogens is 1. The van der Waals surface area contributed by atoms with E-state index in [1.165, 1.54) is 24.3 Å². The first-order valence-corrected chi connectivity index (χ1v) is 9.29. The lowest BCUT2D eigenvalue weighted by molar-refractivity contribution is 0.0732. The average Bonchev–Trinajstić information content (AvgIpc) is 3.28. The molecule has 1 unspecified atom stereocenters. The molecule has 0 bridgehead atoms. The molecule has 0 radical (unpaired) electrons. The van der Waals surface area contributed by atoms with E-state index in [4.69, 9.17) is 4.52 Å². The Kier molecular flexibility index (Phi) is 4.66. The summed E-state index contributed by atoms with van der Waals surface area (Å²) >= 11 is 0. The Balaban J connectivity index is 1.70. The highest BCUT2D eigenvalue weighted by molar-refractivity contribution is 5.94. The van der Waals surface area contributed by atoms with Gasteiger partial charge in [-0.3, -0.25) is 4.79 Å². The van der Waals surface area contributed by atoms with E-state index < -0.39 is 0 Å². The summed E-state index contributed by atoms with van der Waals surface area (Å²) in [5.74, 6) is 0.864. The molecule has 28 heavy (non-hydrogen) atoms. The first kappa shape index (κ1) is 18.3. The molecule has 1 aromatic carbocycles. The fourth-order valence-corrected chi connectivity index (χ4v) is 3.81. The Morgan fingerprint density at radius 1 is 1.18 bits per heavy atom. The largest absolute Gasteiger partial charge is 0.361 e. The van der Waals surface area contributed by atoms with Gasteiger partial charge in [0.2, 0.25) is 0 Å². The molecule has 1 fully saturated rings. The van der Waals surface area contributed by atoms with E-state index >= 15 is 0 Å². The van der Waals surface area contributed by atoms with Gasteiger partial charge in [0.15, 0.2) is 0 Å². The molecule has 1 amide bonds. The van der Waals surface area contributed by atoms with E-state index in [1.54, 1.807) is 0 Å². The SMILES string of the molecule is Cc1nc(-c2c(C)noc2C)cc(C2CCCN2C(=O)c2ccc(F)cc2)n1. The number of rotatable bonds is 3. The van der Waals surface area contributed by atoms with Gasteiger partial charge in [0, 0.05) is 12.1 Å². The third-order valence-electron chi connectivity index (χ3n) is 5.09. The Bertz CT molecular complexity index is 1010. The van der Waals surface area contributed by atoms with Crippen molar-refractivity contribution in [2.24, 2.45) is 0 Å². The Hall–Kier alpha value is -3.09. The maximum atomic E-state index is 13.2. The van der Waals surface area contributed by atoms with Crippen molar-refractivity contribution in [3.05, 3.63) is 64.7 Å². The molecule has 6 nitrogen and oxygen atoms in total. The standard InChI is InChI=1S/C21H21FN4O2/c1-12-20(13(2)28-25-12)18-11-17(23-14(3)24-18)19-5-4-10-26(19)21(27)15-6-8-16(22)9-7-15/h6-9,11,19H,4-5,10H2,1-3H3. The fraction of sp³-hybridized carbons (Fsp3) is 0.333. The molecule has 0 saturated carbocycles. The first-order chi connectivity index (χ1) is 13.4. The van der Waals surface area contributed by atoms with Crippen molar-refractivity contribution in [2.45, 2.75) is 39.7 Å². The van der Waals surface area contributed by atoms with Crippen LogP contribution in [-0.2, 0) is 0 Å². The fourth-order valence-electron chi connectivity index (χ4n) is 3.81. The van der Waals surface area contributed by atoms with Gasteiger partial charge >= 0.3 is 0 Å². The van der Waals surface area contributed by atoms with Crippen molar-refractivity contribution in [1.29, 1.82) is 0 Å². The topological polar surface area (TPSA) is 72.1 Å². The summed E-state index contributed by atoms with van der Waals surface area (Å²) in [5, 5.41) is 4.01. The van der Waals surface area contributed by atoms with E-state index in [0.29, 0.717) is 23.7 Å². The van der Waals surface area contributed by atoms with Gasteiger partial charge in [-0.05, 0) is 63.9 Å². The van der Waals surface area contributed by atoms with Crippen molar-refractivity contribution in [2.75, 3.05) is 6.54 Å². The van der Waals surface area contributed by atoms with Gasteiger partial charge in [-0.1, -0.05) is 5.16 Å². The van der Waals surface area contributed by atoms with Gasteiger partial charge in [0.25, 0.3) is 5.91 Å². The minimum absolute atomic E-state index is 0.113. The van der Waals surface area contributed by atoms with Crippen molar-refractivity contribution in [3.63, 3.8) is 0 Å². The lowest BCUT2D eigenvalue weighted by Gasteiger charge is -2.25. The second kappa shape index (κ2) is 7.14. The van der Waals surface area contributed by atoms with Crippen LogP contribution in [0, 0.1) is 26.6 Å². The van der Waals surface area contributed by atoms with Crippen LogP contribution in [-0.4, -0.2) is 32.5 Å². The lowest BCUT2D eigenvalue weighted by Crippen LogP contribution is -2.31. The molecule has 1 aliphatic heterocycles. The molecule has 0 aliphatic carbocycles. The Labute approximate surface area is 162 Å². The number of benzene rings is 1. The Morgan fingerprint density at radius 3 is 2.61 bits per heavy atom. The maximum Gasteiger partial charge on any atom is 0.254 e. The number of aryl methyl sites for hydroxylation is 3. The Morgan fingerprint density at radius 2 is 1.93 bits per heavy atom.